The number of carbonyl (C=O) groups is 2. The zero-order valence-electron chi connectivity index (χ0n) is 13.1. The monoisotopic (exact) mass is 284 g/mol. The molecule has 1 saturated carbocycles. The first kappa shape index (κ1) is 17.0. The minimum atomic E-state index is -0.889. The van der Waals surface area contributed by atoms with Crippen molar-refractivity contribution in [1.82, 2.24) is 9.80 Å². The third-order valence-electron chi connectivity index (χ3n) is 4.36. The van der Waals surface area contributed by atoms with Gasteiger partial charge in [0.25, 0.3) is 0 Å². The summed E-state index contributed by atoms with van der Waals surface area (Å²) in [5, 5.41) is 8.91. The van der Waals surface area contributed by atoms with Crippen molar-refractivity contribution in [3.05, 3.63) is 0 Å². The lowest BCUT2D eigenvalue weighted by molar-refractivity contribution is -0.141. The first-order valence-corrected chi connectivity index (χ1v) is 7.54. The fourth-order valence-corrected chi connectivity index (χ4v) is 2.94. The largest absolute Gasteiger partial charge is 0.480 e. The molecule has 2 unspecified atom stereocenters. The molecule has 1 rings (SSSR count). The molecule has 0 radical (unpaired) electrons. The molecule has 0 aliphatic heterocycles. The van der Waals surface area contributed by atoms with E-state index < -0.39 is 5.97 Å². The van der Waals surface area contributed by atoms with E-state index in [2.05, 4.69) is 6.92 Å². The maximum Gasteiger partial charge on any atom is 0.317 e. The van der Waals surface area contributed by atoms with Crippen LogP contribution in [-0.4, -0.2) is 59.0 Å². The summed E-state index contributed by atoms with van der Waals surface area (Å²) in [6.07, 6.45) is 4.65. The molecule has 0 saturated heterocycles. The summed E-state index contributed by atoms with van der Waals surface area (Å²) in [6, 6.07) is 0.349. The SMILES string of the molecule is CC1CCCCC1N(C)C(=O)CN(CC(=O)O)C(C)C. The molecule has 5 heteroatoms. The Morgan fingerprint density at radius 2 is 1.80 bits per heavy atom. The number of hydrogen-bond acceptors (Lipinski definition) is 3. The van der Waals surface area contributed by atoms with Crippen LogP contribution in [0.1, 0.15) is 46.5 Å². The van der Waals surface area contributed by atoms with Gasteiger partial charge >= 0.3 is 5.97 Å². The van der Waals surface area contributed by atoms with Crippen molar-refractivity contribution >= 4 is 11.9 Å². The van der Waals surface area contributed by atoms with Crippen LogP contribution in [0.3, 0.4) is 0 Å². The highest BCUT2D eigenvalue weighted by molar-refractivity contribution is 5.79. The van der Waals surface area contributed by atoms with Gasteiger partial charge < -0.3 is 10.0 Å². The van der Waals surface area contributed by atoms with Gasteiger partial charge in [0.15, 0.2) is 0 Å². The molecule has 0 spiro atoms. The second-order valence-electron chi connectivity index (χ2n) is 6.23. The second-order valence-corrected chi connectivity index (χ2v) is 6.23. The lowest BCUT2D eigenvalue weighted by Crippen LogP contribution is -2.49. The molecule has 0 aromatic rings. The highest BCUT2D eigenvalue weighted by Gasteiger charge is 2.29. The van der Waals surface area contributed by atoms with Gasteiger partial charge in [0.1, 0.15) is 0 Å². The highest BCUT2D eigenvalue weighted by Crippen LogP contribution is 2.27. The first-order valence-electron chi connectivity index (χ1n) is 7.54. The van der Waals surface area contributed by atoms with Crippen LogP contribution in [0.2, 0.25) is 0 Å². The molecule has 1 aliphatic carbocycles. The Morgan fingerprint density at radius 1 is 1.20 bits per heavy atom. The van der Waals surface area contributed by atoms with E-state index in [-0.39, 0.29) is 25.0 Å². The number of hydrogen-bond donors (Lipinski definition) is 1. The van der Waals surface area contributed by atoms with Gasteiger partial charge in [-0.15, -0.1) is 0 Å². The van der Waals surface area contributed by atoms with Crippen molar-refractivity contribution in [3.63, 3.8) is 0 Å². The van der Waals surface area contributed by atoms with Crippen molar-refractivity contribution in [2.75, 3.05) is 20.1 Å². The Hall–Kier alpha value is -1.10. The normalized spacial score (nSPS) is 23.1. The summed E-state index contributed by atoms with van der Waals surface area (Å²) in [7, 11) is 1.86. The predicted molar refractivity (Wildman–Crippen MR) is 78.5 cm³/mol. The van der Waals surface area contributed by atoms with Crippen LogP contribution in [0.4, 0.5) is 0 Å². The standard InChI is InChI=1S/C15H28N2O3/c1-11(2)17(10-15(19)20)9-14(18)16(4)13-8-6-5-7-12(13)3/h11-13H,5-10H2,1-4H3,(H,19,20). The average molecular weight is 284 g/mol. The Morgan fingerprint density at radius 3 is 2.30 bits per heavy atom. The van der Waals surface area contributed by atoms with E-state index in [4.69, 9.17) is 5.11 Å². The Kier molecular flexibility index (Phi) is 6.46. The Labute approximate surface area is 121 Å². The van der Waals surface area contributed by atoms with Crippen LogP contribution in [0.15, 0.2) is 0 Å². The Balaban J connectivity index is 2.60. The van der Waals surface area contributed by atoms with Gasteiger partial charge in [-0.1, -0.05) is 19.8 Å². The van der Waals surface area contributed by atoms with E-state index in [9.17, 15) is 9.59 Å². The fraction of sp³-hybridized carbons (Fsp3) is 0.867. The molecule has 116 valence electrons. The summed E-state index contributed by atoms with van der Waals surface area (Å²) in [5.41, 5.74) is 0. The topological polar surface area (TPSA) is 60.9 Å². The molecule has 20 heavy (non-hydrogen) atoms. The lowest BCUT2D eigenvalue weighted by Gasteiger charge is -2.37. The molecule has 1 amide bonds. The average Bonchev–Trinajstić information content (AvgIpc) is 2.37. The molecule has 1 N–H and O–H groups in total. The summed E-state index contributed by atoms with van der Waals surface area (Å²) in [6.45, 7) is 6.13. The third kappa shape index (κ3) is 4.78. The van der Waals surface area contributed by atoms with Gasteiger partial charge in [-0.2, -0.15) is 0 Å². The van der Waals surface area contributed by atoms with E-state index in [1.165, 1.54) is 19.3 Å². The Bertz CT molecular complexity index is 344. The fourth-order valence-electron chi connectivity index (χ4n) is 2.94. The third-order valence-corrected chi connectivity index (χ3v) is 4.36. The summed E-state index contributed by atoms with van der Waals surface area (Å²) in [5.74, 6) is -0.330. The molecule has 0 bridgehead atoms. The van der Waals surface area contributed by atoms with E-state index in [1.54, 1.807) is 4.90 Å². The van der Waals surface area contributed by atoms with Crippen molar-refractivity contribution in [2.45, 2.75) is 58.5 Å². The minimum absolute atomic E-state index is 0.0266. The van der Waals surface area contributed by atoms with Gasteiger partial charge in [0.05, 0.1) is 13.1 Å². The number of carbonyl (C=O) groups excluding carboxylic acids is 1. The van der Waals surface area contributed by atoms with Crippen LogP contribution < -0.4 is 0 Å². The molecule has 0 aromatic carbocycles. The molecule has 1 fully saturated rings. The van der Waals surface area contributed by atoms with Crippen molar-refractivity contribution in [2.24, 2.45) is 5.92 Å². The summed E-state index contributed by atoms with van der Waals surface area (Å²) < 4.78 is 0. The van der Waals surface area contributed by atoms with Crippen molar-refractivity contribution in [3.8, 4) is 0 Å². The zero-order chi connectivity index (χ0) is 15.3. The number of rotatable bonds is 6. The smallest absolute Gasteiger partial charge is 0.317 e. The van der Waals surface area contributed by atoms with Gasteiger partial charge in [0, 0.05) is 19.1 Å². The molecular formula is C15H28N2O3. The lowest BCUT2D eigenvalue weighted by atomic mass is 9.85. The van der Waals surface area contributed by atoms with Crippen LogP contribution in [0.5, 0.6) is 0 Å². The molecule has 2 atom stereocenters. The molecule has 1 aliphatic rings. The summed E-state index contributed by atoms with van der Waals surface area (Å²) in [4.78, 5) is 26.8. The number of carboxylic acids is 1. The van der Waals surface area contributed by atoms with E-state index in [1.807, 2.05) is 25.8 Å². The number of aliphatic carboxylic acids is 1. The number of carboxylic acid groups (broad SMARTS) is 1. The second kappa shape index (κ2) is 7.62. The highest BCUT2D eigenvalue weighted by atomic mass is 16.4. The molecule has 0 heterocycles. The molecular weight excluding hydrogens is 256 g/mol. The van der Waals surface area contributed by atoms with E-state index >= 15 is 0 Å². The number of amides is 1. The maximum absolute atomic E-state index is 12.4. The quantitative estimate of drug-likeness (QED) is 0.808. The van der Waals surface area contributed by atoms with E-state index in [0.717, 1.165) is 6.42 Å². The van der Waals surface area contributed by atoms with Crippen molar-refractivity contribution in [1.29, 1.82) is 0 Å². The first-order chi connectivity index (χ1) is 9.32. The number of likely N-dealkylation sites (N-methyl/N-ethyl adjacent to an activating group) is 1. The van der Waals surface area contributed by atoms with Gasteiger partial charge in [-0.3, -0.25) is 14.5 Å². The maximum atomic E-state index is 12.4. The number of nitrogens with zero attached hydrogens (tertiary/aromatic N) is 2. The van der Waals surface area contributed by atoms with Crippen LogP contribution in [0.25, 0.3) is 0 Å². The van der Waals surface area contributed by atoms with E-state index in [0.29, 0.717) is 12.0 Å². The van der Waals surface area contributed by atoms with Crippen LogP contribution >= 0.6 is 0 Å². The van der Waals surface area contributed by atoms with Gasteiger partial charge in [0.2, 0.25) is 5.91 Å². The predicted octanol–water partition coefficient (Wildman–Crippen LogP) is 1.82. The summed E-state index contributed by atoms with van der Waals surface area (Å²) >= 11 is 0. The van der Waals surface area contributed by atoms with Gasteiger partial charge in [-0.05, 0) is 32.6 Å². The van der Waals surface area contributed by atoms with Crippen molar-refractivity contribution < 1.29 is 14.7 Å². The molecule has 0 aromatic heterocycles. The van der Waals surface area contributed by atoms with Crippen LogP contribution in [0, 0.1) is 5.92 Å². The van der Waals surface area contributed by atoms with Gasteiger partial charge in [-0.25, -0.2) is 0 Å². The minimum Gasteiger partial charge on any atom is -0.480 e. The van der Waals surface area contributed by atoms with Crippen LogP contribution in [-0.2, 0) is 9.59 Å². The zero-order valence-corrected chi connectivity index (χ0v) is 13.1. The molecule has 5 nitrogen and oxygen atoms in total.